The Morgan fingerprint density at radius 2 is 1.88 bits per heavy atom. The Balaban J connectivity index is 1.26. The number of fused-ring (bicyclic) bond motifs is 3. The molecule has 2 bridgehead atoms. The number of nitrogens with one attached hydrogen (secondary N) is 1. The van der Waals surface area contributed by atoms with Crippen LogP contribution in [-0.2, 0) is 0 Å². The molecule has 0 saturated carbocycles. The summed E-state index contributed by atoms with van der Waals surface area (Å²) < 4.78 is 0. The number of nitrogens with zero attached hydrogens (tertiary/aromatic N) is 3. The van der Waals surface area contributed by atoms with Gasteiger partial charge in [0, 0.05) is 57.4 Å². The van der Waals surface area contributed by atoms with E-state index in [1.807, 2.05) is 30.3 Å². The summed E-state index contributed by atoms with van der Waals surface area (Å²) in [5.74, 6) is 1.70. The summed E-state index contributed by atoms with van der Waals surface area (Å²) in [7, 11) is 2.22. The lowest BCUT2D eigenvalue weighted by atomic mass is 9.75. The number of benzene rings is 1. The lowest BCUT2D eigenvalue weighted by molar-refractivity contribution is -0.0160. The second-order valence-corrected chi connectivity index (χ2v) is 8.37. The molecule has 26 heavy (non-hydrogen) atoms. The molecule has 5 nitrogen and oxygen atoms in total. The van der Waals surface area contributed by atoms with Crippen molar-refractivity contribution < 1.29 is 4.79 Å². The number of amides is 1. The Kier molecular flexibility index (Phi) is 5.57. The van der Waals surface area contributed by atoms with Gasteiger partial charge in [0.1, 0.15) is 0 Å². The van der Waals surface area contributed by atoms with Crippen LogP contribution in [0, 0.1) is 11.8 Å². The number of piperidine rings is 3. The van der Waals surface area contributed by atoms with Gasteiger partial charge >= 0.3 is 0 Å². The lowest BCUT2D eigenvalue weighted by Gasteiger charge is -2.51. The minimum Gasteiger partial charge on any atom is -0.350 e. The van der Waals surface area contributed by atoms with Gasteiger partial charge in [-0.25, -0.2) is 0 Å². The van der Waals surface area contributed by atoms with Crippen LogP contribution in [0.4, 0.5) is 0 Å². The van der Waals surface area contributed by atoms with E-state index in [2.05, 4.69) is 27.1 Å². The first-order chi connectivity index (χ1) is 12.7. The summed E-state index contributed by atoms with van der Waals surface area (Å²) in [6, 6.07) is 10.1. The van der Waals surface area contributed by atoms with Crippen molar-refractivity contribution in [2.24, 2.45) is 11.8 Å². The first-order valence-electron chi connectivity index (χ1n) is 10.2. The van der Waals surface area contributed by atoms with Crippen LogP contribution < -0.4 is 5.32 Å². The third-order valence-electron chi connectivity index (χ3n) is 6.64. The number of hydrogen-bond acceptors (Lipinski definition) is 4. The number of piperazine rings is 1. The minimum absolute atomic E-state index is 0.0576. The molecule has 0 radical (unpaired) electrons. The lowest BCUT2D eigenvalue weighted by Crippen LogP contribution is -2.59. The molecule has 4 saturated heterocycles. The SMILES string of the molecule is CN1CCN(C[C@@H]2CN3CC[C@H]2C[C@@H]3CNC(=O)c2ccccc2)CC1. The van der Waals surface area contributed by atoms with Crippen LogP contribution >= 0.6 is 0 Å². The van der Waals surface area contributed by atoms with Gasteiger partial charge in [0.15, 0.2) is 0 Å². The standard InChI is InChI=1S/C21H32N4O/c1-23-9-11-24(12-10-23)15-19-16-25-8-7-18(19)13-20(25)14-22-21(26)17-5-3-2-4-6-17/h2-6,18-20H,7-16H2,1H3,(H,22,26)/t18-,19+,20+/m0/s1. The fourth-order valence-electron chi connectivity index (χ4n) is 4.93. The molecule has 1 aromatic carbocycles. The van der Waals surface area contributed by atoms with Crippen LogP contribution in [0.1, 0.15) is 23.2 Å². The van der Waals surface area contributed by atoms with Gasteiger partial charge in [0.2, 0.25) is 0 Å². The quantitative estimate of drug-likeness (QED) is 0.865. The van der Waals surface area contributed by atoms with E-state index in [-0.39, 0.29) is 5.91 Å². The van der Waals surface area contributed by atoms with Gasteiger partial charge in [-0.3, -0.25) is 9.69 Å². The van der Waals surface area contributed by atoms with Crippen molar-refractivity contribution >= 4 is 5.91 Å². The monoisotopic (exact) mass is 356 g/mol. The highest BCUT2D eigenvalue weighted by Crippen LogP contribution is 2.36. The smallest absolute Gasteiger partial charge is 0.251 e. The number of likely N-dealkylation sites (N-methyl/N-ethyl adjacent to an activating group) is 1. The molecular formula is C21H32N4O. The third kappa shape index (κ3) is 4.11. The van der Waals surface area contributed by atoms with Gasteiger partial charge in [-0.05, 0) is 50.4 Å². The Labute approximate surface area is 157 Å². The van der Waals surface area contributed by atoms with Crippen molar-refractivity contribution in [3.05, 3.63) is 35.9 Å². The molecule has 1 unspecified atom stereocenters. The molecule has 142 valence electrons. The van der Waals surface area contributed by atoms with E-state index in [1.165, 1.54) is 58.7 Å². The fraction of sp³-hybridized carbons (Fsp3) is 0.667. The maximum atomic E-state index is 12.3. The predicted octanol–water partition coefficient (Wildman–Crippen LogP) is 1.37. The van der Waals surface area contributed by atoms with E-state index in [0.717, 1.165) is 23.9 Å². The summed E-state index contributed by atoms with van der Waals surface area (Å²) in [5.41, 5.74) is 0.761. The summed E-state index contributed by atoms with van der Waals surface area (Å²) in [6.07, 6.45) is 2.58. The normalized spacial score (nSPS) is 32.5. The highest BCUT2D eigenvalue weighted by molar-refractivity contribution is 5.94. The largest absolute Gasteiger partial charge is 0.350 e. The van der Waals surface area contributed by atoms with Gasteiger partial charge in [-0.2, -0.15) is 0 Å². The van der Waals surface area contributed by atoms with Crippen molar-refractivity contribution in [3.8, 4) is 0 Å². The Bertz CT molecular complexity index is 599. The Hall–Kier alpha value is -1.43. The van der Waals surface area contributed by atoms with E-state index in [4.69, 9.17) is 0 Å². The molecule has 5 rings (SSSR count). The van der Waals surface area contributed by atoms with Gasteiger partial charge in [0.05, 0.1) is 0 Å². The van der Waals surface area contributed by atoms with Crippen LogP contribution in [0.5, 0.6) is 0 Å². The Morgan fingerprint density at radius 1 is 1.12 bits per heavy atom. The molecule has 4 fully saturated rings. The van der Waals surface area contributed by atoms with Gasteiger partial charge in [-0.15, -0.1) is 0 Å². The van der Waals surface area contributed by atoms with Crippen molar-refractivity contribution in [2.45, 2.75) is 18.9 Å². The average molecular weight is 357 g/mol. The highest BCUT2D eigenvalue weighted by atomic mass is 16.1. The molecule has 4 atom stereocenters. The van der Waals surface area contributed by atoms with E-state index >= 15 is 0 Å². The molecule has 4 aliphatic heterocycles. The van der Waals surface area contributed by atoms with E-state index in [0.29, 0.717) is 6.04 Å². The topological polar surface area (TPSA) is 38.8 Å². The van der Waals surface area contributed by atoms with Crippen molar-refractivity contribution in [2.75, 3.05) is 59.4 Å². The molecular weight excluding hydrogens is 324 g/mol. The Morgan fingerprint density at radius 3 is 2.58 bits per heavy atom. The molecule has 4 aliphatic rings. The molecule has 5 heteroatoms. The van der Waals surface area contributed by atoms with E-state index < -0.39 is 0 Å². The molecule has 4 heterocycles. The van der Waals surface area contributed by atoms with E-state index in [9.17, 15) is 4.79 Å². The van der Waals surface area contributed by atoms with Crippen LogP contribution in [0.2, 0.25) is 0 Å². The second-order valence-electron chi connectivity index (χ2n) is 8.37. The van der Waals surface area contributed by atoms with Crippen LogP contribution in [0.3, 0.4) is 0 Å². The number of hydrogen-bond donors (Lipinski definition) is 1. The number of carbonyl (C=O) groups excluding carboxylic acids is 1. The maximum Gasteiger partial charge on any atom is 0.251 e. The average Bonchev–Trinajstić information content (AvgIpc) is 2.69. The second kappa shape index (κ2) is 8.07. The highest BCUT2D eigenvalue weighted by Gasteiger charge is 2.40. The summed E-state index contributed by atoms with van der Waals surface area (Å²) in [6.45, 7) is 9.30. The van der Waals surface area contributed by atoms with Crippen molar-refractivity contribution in [1.29, 1.82) is 0 Å². The van der Waals surface area contributed by atoms with Gasteiger partial charge in [0.25, 0.3) is 5.91 Å². The molecule has 0 spiro atoms. The summed E-state index contributed by atoms with van der Waals surface area (Å²) >= 11 is 0. The van der Waals surface area contributed by atoms with Gasteiger partial charge in [-0.1, -0.05) is 18.2 Å². The zero-order valence-electron chi connectivity index (χ0n) is 15.9. The summed E-state index contributed by atoms with van der Waals surface area (Å²) in [4.78, 5) is 20.0. The number of rotatable bonds is 5. The van der Waals surface area contributed by atoms with E-state index in [1.54, 1.807) is 0 Å². The summed E-state index contributed by atoms with van der Waals surface area (Å²) in [5, 5.41) is 3.16. The number of carbonyl (C=O) groups is 1. The van der Waals surface area contributed by atoms with Crippen LogP contribution in [0.15, 0.2) is 30.3 Å². The first-order valence-corrected chi connectivity index (χ1v) is 10.2. The predicted molar refractivity (Wildman–Crippen MR) is 104 cm³/mol. The minimum atomic E-state index is 0.0576. The zero-order chi connectivity index (χ0) is 17.9. The molecule has 1 N–H and O–H groups in total. The third-order valence-corrected chi connectivity index (χ3v) is 6.64. The van der Waals surface area contributed by atoms with Crippen molar-refractivity contribution in [3.63, 3.8) is 0 Å². The fourth-order valence-corrected chi connectivity index (χ4v) is 4.93. The molecule has 1 amide bonds. The van der Waals surface area contributed by atoms with Crippen LogP contribution in [0.25, 0.3) is 0 Å². The van der Waals surface area contributed by atoms with Gasteiger partial charge < -0.3 is 15.1 Å². The zero-order valence-corrected chi connectivity index (χ0v) is 15.9. The molecule has 0 aliphatic carbocycles. The van der Waals surface area contributed by atoms with Crippen LogP contribution in [-0.4, -0.2) is 86.1 Å². The molecule has 1 aromatic rings. The maximum absolute atomic E-state index is 12.3. The first kappa shape index (κ1) is 18.0. The van der Waals surface area contributed by atoms with Crippen molar-refractivity contribution in [1.82, 2.24) is 20.0 Å². The molecule has 0 aromatic heterocycles.